The average molecular weight is 289 g/mol. The molecule has 2 N–H and O–H groups in total. The van der Waals surface area contributed by atoms with Crippen LogP contribution in [0.3, 0.4) is 0 Å². The van der Waals surface area contributed by atoms with Crippen LogP contribution in [0.2, 0.25) is 5.02 Å². The van der Waals surface area contributed by atoms with E-state index < -0.39 is 11.7 Å². The summed E-state index contributed by atoms with van der Waals surface area (Å²) in [6.45, 7) is 0. The van der Waals surface area contributed by atoms with Gasteiger partial charge in [0.2, 0.25) is 0 Å². The smallest absolute Gasteiger partial charge is 0.337 e. The Morgan fingerprint density at radius 2 is 1.95 bits per heavy atom. The first-order valence-corrected chi connectivity index (χ1v) is 6.19. The number of fused-ring (bicyclic) bond motifs is 1. The molecule has 2 aromatic carbocycles. The fraction of sp³-hybridized carbons (Fsp3) is 0. The molecule has 0 aliphatic rings. The second kappa shape index (κ2) is 4.54. The van der Waals surface area contributed by atoms with Crippen molar-refractivity contribution < 1.29 is 9.90 Å². The van der Waals surface area contributed by atoms with E-state index in [-0.39, 0.29) is 5.56 Å². The summed E-state index contributed by atoms with van der Waals surface area (Å²) >= 11 is 5.93. The molecule has 20 heavy (non-hydrogen) atoms. The molecule has 1 aromatic heterocycles. The molecule has 5 nitrogen and oxygen atoms in total. The summed E-state index contributed by atoms with van der Waals surface area (Å²) < 4.78 is 1.31. The van der Waals surface area contributed by atoms with Crippen LogP contribution in [0.15, 0.2) is 47.3 Å². The SMILES string of the molecule is O=C(O)c1cccc2[nH]c(=O)n(-c3cccc(Cl)c3)c12. The van der Waals surface area contributed by atoms with Crippen molar-refractivity contribution >= 4 is 28.6 Å². The summed E-state index contributed by atoms with van der Waals surface area (Å²) in [7, 11) is 0. The molecule has 0 unspecified atom stereocenters. The Balaban J connectivity index is 2.44. The van der Waals surface area contributed by atoms with Gasteiger partial charge in [-0.3, -0.25) is 4.57 Å². The van der Waals surface area contributed by atoms with Gasteiger partial charge in [0.15, 0.2) is 0 Å². The molecule has 3 aromatic rings. The molecule has 6 heteroatoms. The number of aromatic carboxylic acids is 1. The Morgan fingerprint density at radius 1 is 1.20 bits per heavy atom. The maximum atomic E-state index is 12.1. The zero-order valence-electron chi connectivity index (χ0n) is 10.1. The highest BCUT2D eigenvalue weighted by atomic mass is 35.5. The Hall–Kier alpha value is -2.53. The van der Waals surface area contributed by atoms with E-state index in [1.165, 1.54) is 10.6 Å². The number of benzene rings is 2. The minimum atomic E-state index is -1.09. The third-order valence-corrected chi connectivity index (χ3v) is 3.24. The van der Waals surface area contributed by atoms with Gasteiger partial charge in [-0.1, -0.05) is 23.7 Å². The highest BCUT2D eigenvalue weighted by Crippen LogP contribution is 2.21. The Bertz CT molecular complexity index is 880. The molecule has 0 saturated carbocycles. The van der Waals surface area contributed by atoms with Crippen molar-refractivity contribution in [2.24, 2.45) is 0 Å². The van der Waals surface area contributed by atoms with Crippen molar-refractivity contribution in [3.05, 3.63) is 63.5 Å². The molecule has 0 aliphatic carbocycles. The fourth-order valence-corrected chi connectivity index (χ4v) is 2.38. The average Bonchev–Trinajstić information content (AvgIpc) is 2.74. The number of nitrogens with zero attached hydrogens (tertiary/aromatic N) is 1. The number of imidazole rings is 1. The fourth-order valence-electron chi connectivity index (χ4n) is 2.19. The normalized spacial score (nSPS) is 10.8. The van der Waals surface area contributed by atoms with E-state index >= 15 is 0 Å². The van der Waals surface area contributed by atoms with E-state index in [1.807, 2.05) is 0 Å². The molecule has 1 heterocycles. The largest absolute Gasteiger partial charge is 0.478 e. The predicted molar refractivity (Wildman–Crippen MR) is 75.9 cm³/mol. The minimum absolute atomic E-state index is 0.0563. The van der Waals surface area contributed by atoms with E-state index in [4.69, 9.17) is 11.6 Å². The Kier molecular flexibility index (Phi) is 2.84. The molecule has 0 aliphatic heterocycles. The monoisotopic (exact) mass is 288 g/mol. The molecule has 0 atom stereocenters. The quantitative estimate of drug-likeness (QED) is 0.761. The molecule has 0 bridgehead atoms. The number of carboxylic acid groups (broad SMARTS) is 1. The summed E-state index contributed by atoms with van der Waals surface area (Å²) in [4.78, 5) is 26.1. The van der Waals surface area contributed by atoms with Gasteiger partial charge in [0.05, 0.1) is 22.3 Å². The number of halogens is 1. The van der Waals surface area contributed by atoms with E-state index in [2.05, 4.69) is 4.98 Å². The lowest BCUT2D eigenvalue weighted by Gasteiger charge is -2.06. The van der Waals surface area contributed by atoms with Crippen molar-refractivity contribution in [1.82, 2.24) is 9.55 Å². The number of hydrogen-bond donors (Lipinski definition) is 2. The second-order valence-corrected chi connectivity index (χ2v) is 4.69. The number of aromatic amines is 1. The van der Waals surface area contributed by atoms with Crippen LogP contribution in [0.5, 0.6) is 0 Å². The molecule has 0 amide bonds. The van der Waals surface area contributed by atoms with Crippen LogP contribution in [0, 0.1) is 0 Å². The van der Waals surface area contributed by atoms with Gasteiger partial charge in [0, 0.05) is 5.02 Å². The molecule has 0 fully saturated rings. The molecule has 0 spiro atoms. The lowest BCUT2D eigenvalue weighted by molar-refractivity contribution is 0.0698. The number of carbonyl (C=O) groups is 1. The minimum Gasteiger partial charge on any atom is -0.478 e. The predicted octanol–water partition coefficient (Wildman–Crippen LogP) is 2.67. The van der Waals surface area contributed by atoms with Crippen LogP contribution < -0.4 is 5.69 Å². The molecule has 0 saturated heterocycles. The van der Waals surface area contributed by atoms with Crippen LogP contribution in [0.1, 0.15) is 10.4 Å². The molecular weight excluding hydrogens is 280 g/mol. The summed E-state index contributed by atoms with van der Waals surface area (Å²) in [6, 6.07) is 11.4. The van der Waals surface area contributed by atoms with Crippen LogP contribution in [0.4, 0.5) is 0 Å². The van der Waals surface area contributed by atoms with Gasteiger partial charge >= 0.3 is 11.7 Å². The Morgan fingerprint density at radius 3 is 2.65 bits per heavy atom. The highest BCUT2D eigenvalue weighted by molar-refractivity contribution is 6.30. The third-order valence-electron chi connectivity index (χ3n) is 3.00. The van der Waals surface area contributed by atoms with E-state index in [9.17, 15) is 14.7 Å². The number of para-hydroxylation sites is 1. The van der Waals surface area contributed by atoms with Gasteiger partial charge < -0.3 is 10.1 Å². The standard InChI is InChI=1S/C14H9ClN2O3/c15-8-3-1-4-9(7-8)17-12-10(13(18)19)5-2-6-11(12)16-14(17)20/h1-7H,(H,16,20)(H,18,19). The van der Waals surface area contributed by atoms with Crippen molar-refractivity contribution in [2.45, 2.75) is 0 Å². The number of rotatable bonds is 2. The van der Waals surface area contributed by atoms with E-state index in [1.54, 1.807) is 36.4 Å². The molecule has 3 rings (SSSR count). The zero-order valence-corrected chi connectivity index (χ0v) is 10.9. The first kappa shape index (κ1) is 12.5. The summed E-state index contributed by atoms with van der Waals surface area (Å²) in [5, 5.41) is 9.73. The lowest BCUT2D eigenvalue weighted by atomic mass is 10.2. The van der Waals surface area contributed by atoms with Gasteiger partial charge in [-0.2, -0.15) is 0 Å². The Labute approximate surface area is 118 Å². The second-order valence-electron chi connectivity index (χ2n) is 4.25. The number of hydrogen-bond acceptors (Lipinski definition) is 2. The lowest BCUT2D eigenvalue weighted by Crippen LogP contribution is -2.15. The third kappa shape index (κ3) is 1.88. The number of nitrogens with one attached hydrogen (secondary N) is 1. The van der Waals surface area contributed by atoms with E-state index in [0.717, 1.165) is 0 Å². The summed E-state index contributed by atoms with van der Waals surface area (Å²) in [6.07, 6.45) is 0. The van der Waals surface area contributed by atoms with Crippen LogP contribution in [0.25, 0.3) is 16.7 Å². The number of H-pyrrole nitrogens is 1. The zero-order chi connectivity index (χ0) is 14.3. The highest BCUT2D eigenvalue weighted by Gasteiger charge is 2.16. The molecule has 0 radical (unpaired) electrons. The van der Waals surface area contributed by atoms with E-state index in [0.29, 0.717) is 21.7 Å². The van der Waals surface area contributed by atoms with Gasteiger partial charge in [0.25, 0.3) is 0 Å². The maximum absolute atomic E-state index is 12.1. The van der Waals surface area contributed by atoms with Gasteiger partial charge in [-0.05, 0) is 30.3 Å². The van der Waals surface area contributed by atoms with Crippen LogP contribution >= 0.6 is 11.6 Å². The first-order chi connectivity index (χ1) is 9.58. The number of aromatic nitrogens is 2. The van der Waals surface area contributed by atoms with Crippen molar-refractivity contribution in [1.29, 1.82) is 0 Å². The van der Waals surface area contributed by atoms with Gasteiger partial charge in [0.1, 0.15) is 0 Å². The molecule has 100 valence electrons. The summed E-state index contributed by atoms with van der Waals surface area (Å²) in [5.74, 6) is -1.09. The number of carboxylic acids is 1. The molecular formula is C14H9ClN2O3. The maximum Gasteiger partial charge on any atom is 0.337 e. The van der Waals surface area contributed by atoms with Crippen molar-refractivity contribution in [3.8, 4) is 5.69 Å². The van der Waals surface area contributed by atoms with Crippen molar-refractivity contribution in [2.75, 3.05) is 0 Å². The van der Waals surface area contributed by atoms with Crippen molar-refractivity contribution in [3.63, 3.8) is 0 Å². The first-order valence-electron chi connectivity index (χ1n) is 5.81. The topological polar surface area (TPSA) is 75.1 Å². The van der Waals surface area contributed by atoms with Crippen LogP contribution in [-0.4, -0.2) is 20.6 Å². The van der Waals surface area contributed by atoms with Crippen LogP contribution in [-0.2, 0) is 0 Å². The van der Waals surface area contributed by atoms with Gasteiger partial charge in [-0.25, -0.2) is 9.59 Å². The van der Waals surface area contributed by atoms with Gasteiger partial charge in [-0.15, -0.1) is 0 Å². The summed E-state index contributed by atoms with van der Waals surface area (Å²) in [5.41, 5.74) is 0.960.